The Bertz CT molecular complexity index is 380. The first-order chi connectivity index (χ1) is 10.2. The van der Waals surface area contributed by atoms with Crippen molar-refractivity contribution in [1.82, 2.24) is 10.6 Å². The first kappa shape index (κ1) is 20.4. The molecule has 0 heterocycles. The molecule has 22 heavy (non-hydrogen) atoms. The lowest BCUT2D eigenvalue weighted by molar-refractivity contribution is -0.148. The van der Waals surface area contributed by atoms with E-state index >= 15 is 0 Å². The maximum atomic E-state index is 12.4. The van der Waals surface area contributed by atoms with Crippen LogP contribution in [0.4, 0.5) is 0 Å². The second-order valence-corrected chi connectivity index (χ2v) is 6.33. The summed E-state index contributed by atoms with van der Waals surface area (Å²) in [6.07, 6.45) is 1.02. The summed E-state index contributed by atoms with van der Waals surface area (Å²) in [6.45, 7) is 11.3. The Morgan fingerprint density at radius 2 is 1.41 bits per heavy atom. The van der Waals surface area contributed by atoms with Crippen molar-refractivity contribution < 1.29 is 19.1 Å². The van der Waals surface area contributed by atoms with E-state index in [0.29, 0.717) is 12.8 Å². The minimum absolute atomic E-state index is 0.235. The van der Waals surface area contributed by atoms with Crippen LogP contribution in [0.3, 0.4) is 0 Å². The van der Waals surface area contributed by atoms with Crippen molar-refractivity contribution in [3.63, 3.8) is 0 Å². The van der Waals surface area contributed by atoms with Gasteiger partial charge in [0.2, 0.25) is 11.8 Å². The van der Waals surface area contributed by atoms with Crippen molar-refractivity contribution in [1.29, 1.82) is 0 Å². The molecule has 0 saturated heterocycles. The van der Waals surface area contributed by atoms with Gasteiger partial charge in [0.1, 0.15) is 12.1 Å². The minimum atomic E-state index is -0.684. The number of esters is 1. The van der Waals surface area contributed by atoms with Gasteiger partial charge in [-0.1, -0.05) is 27.7 Å². The monoisotopic (exact) mass is 314 g/mol. The van der Waals surface area contributed by atoms with Gasteiger partial charge in [-0.15, -0.1) is 0 Å². The van der Waals surface area contributed by atoms with Crippen LogP contribution in [0.15, 0.2) is 0 Å². The van der Waals surface area contributed by atoms with Crippen LogP contribution in [0.5, 0.6) is 0 Å². The molecule has 0 aliphatic rings. The standard InChI is InChI=1S/C16H30N2O4/c1-7-22-16(21)14(9-11(4)5)18-15(20)13(8-10(2)3)17-12(6)19/h10-11,13-14H,7-9H2,1-6H3,(H,17,19)(H,18,20)/t13-,14-/m0/s1. The van der Waals surface area contributed by atoms with Crippen LogP contribution in [0.2, 0.25) is 0 Å². The molecular formula is C16H30N2O4. The zero-order valence-electron chi connectivity index (χ0n) is 14.6. The van der Waals surface area contributed by atoms with Crippen LogP contribution in [-0.4, -0.2) is 36.5 Å². The van der Waals surface area contributed by atoms with Gasteiger partial charge in [0, 0.05) is 6.92 Å². The minimum Gasteiger partial charge on any atom is -0.464 e. The van der Waals surface area contributed by atoms with Crippen molar-refractivity contribution in [3.05, 3.63) is 0 Å². The molecule has 0 bridgehead atoms. The quantitative estimate of drug-likeness (QED) is 0.634. The summed E-state index contributed by atoms with van der Waals surface area (Å²) in [4.78, 5) is 35.6. The zero-order valence-corrected chi connectivity index (χ0v) is 14.6. The third kappa shape index (κ3) is 8.64. The maximum absolute atomic E-state index is 12.4. The fourth-order valence-electron chi connectivity index (χ4n) is 2.15. The topological polar surface area (TPSA) is 84.5 Å². The van der Waals surface area contributed by atoms with Gasteiger partial charge in [0.15, 0.2) is 0 Å². The summed E-state index contributed by atoms with van der Waals surface area (Å²) in [6, 6.07) is -1.32. The molecule has 0 fully saturated rings. The Morgan fingerprint density at radius 1 is 0.909 bits per heavy atom. The molecule has 2 amide bonds. The van der Waals surface area contributed by atoms with Gasteiger partial charge in [-0.25, -0.2) is 4.79 Å². The van der Waals surface area contributed by atoms with Crippen molar-refractivity contribution in [2.45, 2.75) is 66.5 Å². The summed E-state index contributed by atoms with van der Waals surface area (Å²) >= 11 is 0. The first-order valence-electron chi connectivity index (χ1n) is 7.91. The van der Waals surface area contributed by atoms with Gasteiger partial charge in [-0.3, -0.25) is 9.59 Å². The van der Waals surface area contributed by atoms with Crippen molar-refractivity contribution in [3.8, 4) is 0 Å². The van der Waals surface area contributed by atoms with Gasteiger partial charge < -0.3 is 15.4 Å². The molecule has 0 aromatic carbocycles. The molecule has 0 aromatic heterocycles. The van der Waals surface area contributed by atoms with Crippen LogP contribution >= 0.6 is 0 Å². The highest BCUT2D eigenvalue weighted by Gasteiger charge is 2.27. The molecule has 6 nitrogen and oxygen atoms in total. The van der Waals surface area contributed by atoms with Gasteiger partial charge in [0.05, 0.1) is 6.61 Å². The van der Waals surface area contributed by atoms with E-state index in [1.165, 1.54) is 6.92 Å². The Labute approximate surface area is 133 Å². The number of carbonyl (C=O) groups is 3. The van der Waals surface area contributed by atoms with Crippen LogP contribution < -0.4 is 10.6 Å². The summed E-state index contributed by atoms with van der Waals surface area (Å²) in [7, 11) is 0. The van der Waals surface area contributed by atoms with Gasteiger partial charge in [-0.05, 0) is 31.6 Å². The average molecular weight is 314 g/mol. The lowest BCUT2D eigenvalue weighted by atomic mass is 10.0. The second kappa shape index (κ2) is 10.2. The average Bonchev–Trinajstić information content (AvgIpc) is 2.35. The summed E-state index contributed by atoms with van der Waals surface area (Å²) in [5.41, 5.74) is 0. The highest BCUT2D eigenvalue weighted by atomic mass is 16.5. The SMILES string of the molecule is CCOC(=O)[C@H](CC(C)C)NC(=O)[C@H](CC(C)C)NC(C)=O. The van der Waals surface area contributed by atoms with E-state index in [0.717, 1.165) is 0 Å². The molecule has 6 heteroatoms. The van der Waals surface area contributed by atoms with E-state index in [9.17, 15) is 14.4 Å². The number of hydrogen-bond acceptors (Lipinski definition) is 4. The molecule has 0 rings (SSSR count). The number of ether oxygens (including phenoxy) is 1. The molecule has 0 aliphatic carbocycles. The predicted octanol–water partition coefficient (Wildman–Crippen LogP) is 1.63. The highest BCUT2D eigenvalue weighted by Crippen LogP contribution is 2.09. The molecule has 0 saturated carbocycles. The van der Waals surface area contributed by atoms with E-state index in [4.69, 9.17) is 4.74 Å². The zero-order chi connectivity index (χ0) is 17.3. The maximum Gasteiger partial charge on any atom is 0.328 e. The summed E-state index contributed by atoms with van der Waals surface area (Å²) < 4.78 is 5.01. The predicted molar refractivity (Wildman–Crippen MR) is 85.1 cm³/mol. The Hall–Kier alpha value is -1.59. The number of hydrogen-bond donors (Lipinski definition) is 2. The third-order valence-electron chi connectivity index (χ3n) is 3.00. The van der Waals surface area contributed by atoms with Gasteiger partial charge in [-0.2, -0.15) is 0 Å². The second-order valence-electron chi connectivity index (χ2n) is 6.33. The van der Waals surface area contributed by atoms with Crippen LogP contribution in [0.1, 0.15) is 54.4 Å². The lowest BCUT2D eigenvalue weighted by Gasteiger charge is -2.24. The molecule has 0 spiro atoms. The largest absolute Gasteiger partial charge is 0.464 e. The smallest absolute Gasteiger partial charge is 0.328 e. The molecule has 0 unspecified atom stereocenters. The van der Waals surface area contributed by atoms with Crippen LogP contribution in [0.25, 0.3) is 0 Å². The van der Waals surface area contributed by atoms with Crippen molar-refractivity contribution in [2.24, 2.45) is 11.8 Å². The molecule has 0 radical (unpaired) electrons. The van der Waals surface area contributed by atoms with Crippen LogP contribution in [-0.2, 0) is 19.1 Å². The van der Waals surface area contributed by atoms with Crippen molar-refractivity contribution in [2.75, 3.05) is 6.61 Å². The molecule has 2 N–H and O–H groups in total. The fraction of sp³-hybridized carbons (Fsp3) is 0.812. The van der Waals surface area contributed by atoms with Gasteiger partial charge in [0.25, 0.3) is 0 Å². The number of nitrogens with one attached hydrogen (secondary N) is 2. The molecule has 0 aliphatic heterocycles. The molecule has 128 valence electrons. The van der Waals surface area contributed by atoms with Gasteiger partial charge >= 0.3 is 5.97 Å². The first-order valence-corrected chi connectivity index (χ1v) is 7.91. The van der Waals surface area contributed by atoms with E-state index in [-0.39, 0.29) is 30.3 Å². The molecular weight excluding hydrogens is 284 g/mol. The Morgan fingerprint density at radius 3 is 1.82 bits per heavy atom. The number of carbonyl (C=O) groups excluding carboxylic acids is 3. The fourth-order valence-corrected chi connectivity index (χ4v) is 2.15. The van der Waals surface area contributed by atoms with E-state index in [1.54, 1.807) is 6.92 Å². The molecule has 2 atom stereocenters. The number of rotatable bonds is 9. The number of amides is 2. The Balaban J connectivity index is 4.92. The Kier molecular flexibility index (Phi) is 9.45. The molecule has 0 aromatic rings. The van der Waals surface area contributed by atoms with Crippen LogP contribution in [0, 0.1) is 11.8 Å². The summed E-state index contributed by atoms with van der Waals surface area (Å²) in [5.74, 6) is -0.566. The summed E-state index contributed by atoms with van der Waals surface area (Å²) in [5, 5.41) is 5.35. The van der Waals surface area contributed by atoms with E-state index < -0.39 is 18.1 Å². The van der Waals surface area contributed by atoms with E-state index in [1.807, 2.05) is 27.7 Å². The lowest BCUT2D eigenvalue weighted by Crippen LogP contribution is -2.52. The highest BCUT2D eigenvalue weighted by molar-refractivity contribution is 5.90. The normalized spacial score (nSPS) is 13.6. The third-order valence-corrected chi connectivity index (χ3v) is 3.00. The van der Waals surface area contributed by atoms with E-state index in [2.05, 4.69) is 10.6 Å². The van der Waals surface area contributed by atoms with Crippen molar-refractivity contribution >= 4 is 17.8 Å².